The molecule has 82 valence electrons. The van der Waals surface area contributed by atoms with Crippen LogP contribution in [0.15, 0.2) is 11.6 Å². The highest BCUT2D eigenvalue weighted by molar-refractivity contribution is 9.09. The van der Waals surface area contributed by atoms with Crippen LogP contribution in [-0.4, -0.2) is 33.1 Å². The van der Waals surface area contributed by atoms with Gasteiger partial charge in [-0.2, -0.15) is 0 Å². The van der Waals surface area contributed by atoms with Crippen LogP contribution in [0.4, 0.5) is 0 Å². The third-order valence-electron chi connectivity index (χ3n) is 2.69. The second-order valence-corrected chi connectivity index (χ2v) is 5.77. The zero-order chi connectivity index (χ0) is 10.9. The van der Waals surface area contributed by atoms with Gasteiger partial charge in [-0.25, -0.2) is 0 Å². The lowest BCUT2D eigenvalue weighted by molar-refractivity contribution is 0.127. The Morgan fingerprint density at radius 1 is 1.71 bits per heavy atom. The zero-order valence-electron chi connectivity index (χ0n) is 8.37. The molecular formula is C10H16BrClO2. The van der Waals surface area contributed by atoms with Crippen LogP contribution in [0.5, 0.6) is 0 Å². The average molecular weight is 284 g/mol. The molecule has 0 aromatic heterocycles. The van der Waals surface area contributed by atoms with E-state index in [-0.39, 0.29) is 16.1 Å². The Labute approximate surface area is 98.1 Å². The number of allylic oxidation sites excluding steroid dienone is 1. The number of rotatable bonds is 2. The second-order valence-electron chi connectivity index (χ2n) is 4.35. The van der Waals surface area contributed by atoms with Crippen LogP contribution in [0.2, 0.25) is 0 Å². The normalized spacial score (nSPS) is 33.7. The Kier molecular flexibility index (Phi) is 4.03. The maximum Gasteiger partial charge on any atom is 0.0910 e. The minimum atomic E-state index is -0.731. The monoisotopic (exact) mass is 282 g/mol. The predicted molar refractivity (Wildman–Crippen MR) is 61.9 cm³/mol. The molecule has 4 heteroatoms. The molecule has 0 heterocycles. The van der Waals surface area contributed by atoms with Crippen molar-refractivity contribution in [3.63, 3.8) is 0 Å². The summed E-state index contributed by atoms with van der Waals surface area (Å²) in [6, 6.07) is 0. The standard InChI is InChI=1S/C10H16BrClO2/c1-10(2)4-6(8(14)5-12)7(13)3-9(10)11/h4,7-9,13-14H,3,5H2,1-2H3/t7-,8-,9+/m1/s1. The van der Waals surface area contributed by atoms with Crippen LogP contribution in [0.25, 0.3) is 0 Å². The van der Waals surface area contributed by atoms with E-state index in [2.05, 4.69) is 29.8 Å². The lowest BCUT2D eigenvalue weighted by Gasteiger charge is -2.37. The molecular weight excluding hydrogens is 267 g/mol. The van der Waals surface area contributed by atoms with Gasteiger partial charge in [0.05, 0.1) is 18.1 Å². The SMILES string of the molecule is CC1(C)C=C([C@H](O)CCl)[C@H](O)C[C@@H]1Br. The van der Waals surface area contributed by atoms with Crippen molar-refractivity contribution >= 4 is 27.5 Å². The molecule has 1 aliphatic carbocycles. The smallest absolute Gasteiger partial charge is 0.0910 e. The van der Waals surface area contributed by atoms with Crippen molar-refractivity contribution in [1.82, 2.24) is 0 Å². The van der Waals surface area contributed by atoms with Gasteiger partial charge < -0.3 is 10.2 Å². The molecule has 0 aromatic carbocycles. The molecule has 0 saturated heterocycles. The summed E-state index contributed by atoms with van der Waals surface area (Å²) >= 11 is 9.10. The van der Waals surface area contributed by atoms with E-state index in [0.29, 0.717) is 12.0 Å². The fourth-order valence-corrected chi connectivity index (χ4v) is 2.32. The Hall–Kier alpha value is 0.430. The molecule has 0 radical (unpaired) electrons. The first kappa shape index (κ1) is 12.5. The summed E-state index contributed by atoms with van der Waals surface area (Å²) in [5.74, 6) is 0.131. The number of hydrogen-bond acceptors (Lipinski definition) is 2. The number of halogens is 2. The minimum Gasteiger partial charge on any atom is -0.389 e. The van der Waals surface area contributed by atoms with Gasteiger partial charge in [-0.3, -0.25) is 0 Å². The van der Waals surface area contributed by atoms with Gasteiger partial charge in [0.15, 0.2) is 0 Å². The number of hydrogen-bond donors (Lipinski definition) is 2. The molecule has 2 nitrogen and oxygen atoms in total. The van der Waals surface area contributed by atoms with E-state index >= 15 is 0 Å². The molecule has 0 aromatic rings. The van der Waals surface area contributed by atoms with E-state index < -0.39 is 12.2 Å². The van der Waals surface area contributed by atoms with E-state index in [1.807, 2.05) is 6.08 Å². The van der Waals surface area contributed by atoms with Crippen molar-refractivity contribution in [3.05, 3.63) is 11.6 Å². The number of alkyl halides is 2. The molecule has 0 amide bonds. The topological polar surface area (TPSA) is 40.5 Å². The molecule has 2 N–H and O–H groups in total. The number of aliphatic hydroxyl groups is 2. The molecule has 0 bridgehead atoms. The molecule has 1 aliphatic rings. The Morgan fingerprint density at radius 2 is 2.29 bits per heavy atom. The third-order valence-corrected chi connectivity index (χ3v) is 4.54. The Morgan fingerprint density at radius 3 is 2.79 bits per heavy atom. The van der Waals surface area contributed by atoms with Crippen LogP contribution in [0, 0.1) is 5.41 Å². The first-order chi connectivity index (χ1) is 6.38. The highest BCUT2D eigenvalue weighted by Crippen LogP contribution is 2.39. The van der Waals surface area contributed by atoms with E-state index in [1.54, 1.807) is 0 Å². The first-order valence-electron chi connectivity index (χ1n) is 4.67. The van der Waals surface area contributed by atoms with Crippen molar-refractivity contribution in [2.45, 2.75) is 37.3 Å². The molecule has 0 unspecified atom stereocenters. The van der Waals surface area contributed by atoms with Crippen molar-refractivity contribution in [2.75, 3.05) is 5.88 Å². The van der Waals surface area contributed by atoms with Crippen LogP contribution in [0.3, 0.4) is 0 Å². The average Bonchev–Trinajstić information content (AvgIpc) is 2.10. The second kappa shape index (κ2) is 4.52. The van der Waals surface area contributed by atoms with E-state index in [4.69, 9.17) is 11.6 Å². The van der Waals surface area contributed by atoms with Gasteiger partial charge in [0.2, 0.25) is 0 Å². The van der Waals surface area contributed by atoms with Gasteiger partial charge in [-0.05, 0) is 17.4 Å². The minimum absolute atomic E-state index is 0.0540. The molecule has 0 aliphatic heterocycles. The summed E-state index contributed by atoms with van der Waals surface area (Å²) in [6.07, 6.45) is 1.23. The fraction of sp³-hybridized carbons (Fsp3) is 0.800. The lowest BCUT2D eigenvalue weighted by atomic mass is 9.77. The molecule has 0 spiro atoms. The van der Waals surface area contributed by atoms with E-state index in [1.165, 1.54) is 0 Å². The van der Waals surface area contributed by atoms with Crippen molar-refractivity contribution in [2.24, 2.45) is 5.41 Å². The quantitative estimate of drug-likeness (QED) is 0.602. The molecule has 0 fully saturated rings. The van der Waals surface area contributed by atoms with Gasteiger partial charge in [-0.15, -0.1) is 11.6 Å². The van der Waals surface area contributed by atoms with E-state index in [0.717, 1.165) is 0 Å². The molecule has 14 heavy (non-hydrogen) atoms. The predicted octanol–water partition coefficient (Wildman–Crippen LogP) is 2.07. The van der Waals surface area contributed by atoms with Gasteiger partial charge in [0.25, 0.3) is 0 Å². The lowest BCUT2D eigenvalue weighted by Crippen LogP contribution is -2.37. The molecule has 1 rings (SSSR count). The van der Waals surface area contributed by atoms with Gasteiger partial charge in [-0.1, -0.05) is 35.9 Å². The van der Waals surface area contributed by atoms with Crippen molar-refractivity contribution in [1.29, 1.82) is 0 Å². The highest BCUT2D eigenvalue weighted by atomic mass is 79.9. The van der Waals surface area contributed by atoms with Crippen LogP contribution >= 0.6 is 27.5 Å². The Balaban J connectivity index is 2.93. The molecule has 3 atom stereocenters. The highest BCUT2D eigenvalue weighted by Gasteiger charge is 2.35. The summed E-state index contributed by atoms with van der Waals surface area (Å²) in [5.41, 5.74) is 0.599. The van der Waals surface area contributed by atoms with Gasteiger partial charge in [0, 0.05) is 4.83 Å². The summed E-state index contributed by atoms with van der Waals surface area (Å²) in [7, 11) is 0. The first-order valence-corrected chi connectivity index (χ1v) is 6.12. The summed E-state index contributed by atoms with van der Waals surface area (Å²) in [6.45, 7) is 4.14. The molecule has 0 saturated carbocycles. The third kappa shape index (κ3) is 2.51. The summed E-state index contributed by atoms with van der Waals surface area (Å²) < 4.78 is 0. The summed E-state index contributed by atoms with van der Waals surface area (Å²) in [5, 5.41) is 19.4. The van der Waals surface area contributed by atoms with Crippen LogP contribution < -0.4 is 0 Å². The number of aliphatic hydroxyl groups excluding tert-OH is 2. The zero-order valence-corrected chi connectivity index (χ0v) is 10.7. The van der Waals surface area contributed by atoms with Crippen molar-refractivity contribution in [3.8, 4) is 0 Å². The summed E-state index contributed by atoms with van der Waals surface area (Å²) in [4.78, 5) is 0.233. The van der Waals surface area contributed by atoms with Crippen molar-refractivity contribution < 1.29 is 10.2 Å². The van der Waals surface area contributed by atoms with Gasteiger partial charge in [0.1, 0.15) is 0 Å². The van der Waals surface area contributed by atoms with Gasteiger partial charge >= 0.3 is 0 Å². The van der Waals surface area contributed by atoms with Crippen LogP contribution in [0.1, 0.15) is 20.3 Å². The Bertz CT molecular complexity index is 240. The largest absolute Gasteiger partial charge is 0.389 e. The maximum absolute atomic E-state index is 9.76. The van der Waals surface area contributed by atoms with E-state index in [9.17, 15) is 10.2 Å². The fourth-order valence-electron chi connectivity index (χ4n) is 1.66. The maximum atomic E-state index is 9.76. The van der Waals surface area contributed by atoms with Crippen LogP contribution in [-0.2, 0) is 0 Å².